The number of rotatable bonds is 7. The SMILES string of the molecule is COc1ccc(CCNC(=O)NC(=O)c2ccc(Nc3ccccc3)cc2)cc1. The minimum atomic E-state index is -0.519. The Hall–Kier alpha value is -3.80. The van der Waals surface area contributed by atoms with Crippen LogP contribution in [0.3, 0.4) is 0 Å². The van der Waals surface area contributed by atoms with Crippen molar-refractivity contribution < 1.29 is 14.3 Å². The molecule has 3 aromatic carbocycles. The molecule has 3 aromatic rings. The van der Waals surface area contributed by atoms with Gasteiger partial charge in [0.15, 0.2) is 0 Å². The maximum absolute atomic E-state index is 12.2. The third kappa shape index (κ3) is 6.10. The first-order valence-corrected chi connectivity index (χ1v) is 9.28. The molecule has 6 nitrogen and oxygen atoms in total. The van der Waals surface area contributed by atoms with Gasteiger partial charge in [0, 0.05) is 23.5 Å². The number of ether oxygens (including phenoxy) is 1. The number of anilines is 2. The standard InChI is InChI=1S/C23H23N3O3/c1-29-21-13-7-17(8-14-21)15-16-24-23(28)26-22(27)18-9-11-20(12-10-18)25-19-5-3-2-4-6-19/h2-14,25H,15-16H2,1H3,(H2,24,26,27,28). The molecule has 0 aliphatic rings. The molecule has 0 aliphatic carbocycles. The highest BCUT2D eigenvalue weighted by Crippen LogP contribution is 2.16. The fraction of sp³-hybridized carbons (Fsp3) is 0.130. The van der Waals surface area contributed by atoms with Crippen LogP contribution in [-0.4, -0.2) is 25.6 Å². The lowest BCUT2D eigenvalue weighted by Gasteiger charge is -2.09. The molecule has 0 aromatic heterocycles. The van der Waals surface area contributed by atoms with Gasteiger partial charge >= 0.3 is 6.03 Å². The molecule has 3 N–H and O–H groups in total. The molecule has 6 heteroatoms. The number of hydrogen-bond acceptors (Lipinski definition) is 4. The highest BCUT2D eigenvalue weighted by Gasteiger charge is 2.10. The van der Waals surface area contributed by atoms with Crippen molar-refractivity contribution in [1.29, 1.82) is 0 Å². The van der Waals surface area contributed by atoms with Gasteiger partial charge in [-0.1, -0.05) is 30.3 Å². The van der Waals surface area contributed by atoms with E-state index in [1.807, 2.05) is 54.6 Å². The van der Waals surface area contributed by atoms with Gasteiger partial charge in [0.05, 0.1) is 7.11 Å². The van der Waals surface area contributed by atoms with E-state index in [-0.39, 0.29) is 0 Å². The van der Waals surface area contributed by atoms with Gasteiger partial charge in [-0.3, -0.25) is 10.1 Å². The van der Waals surface area contributed by atoms with Gasteiger partial charge in [0.2, 0.25) is 0 Å². The minimum absolute atomic E-state index is 0.411. The van der Waals surface area contributed by atoms with Crippen LogP contribution in [0.4, 0.5) is 16.2 Å². The molecule has 0 spiro atoms. The first-order valence-electron chi connectivity index (χ1n) is 9.28. The first kappa shape index (κ1) is 19.9. The van der Waals surface area contributed by atoms with E-state index in [1.54, 1.807) is 31.4 Å². The van der Waals surface area contributed by atoms with Crippen molar-refractivity contribution in [2.75, 3.05) is 19.0 Å². The minimum Gasteiger partial charge on any atom is -0.497 e. The van der Waals surface area contributed by atoms with Crippen molar-refractivity contribution in [1.82, 2.24) is 10.6 Å². The molecule has 0 heterocycles. The van der Waals surface area contributed by atoms with Gasteiger partial charge in [-0.05, 0) is 60.5 Å². The Bertz CT molecular complexity index is 939. The van der Waals surface area contributed by atoms with E-state index in [2.05, 4.69) is 16.0 Å². The number of carbonyl (C=O) groups is 2. The van der Waals surface area contributed by atoms with E-state index in [0.717, 1.165) is 22.7 Å². The van der Waals surface area contributed by atoms with Crippen molar-refractivity contribution in [3.8, 4) is 5.75 Å². The molecular formula is C23H23N3O3. The zero-order valence-corrected chi connectivity index (χ0v) is 16.1. The number of benzene rings is 3. The lowest BCUT2D eigenvalue weighted by atomic mass is 10.1. The topological polar surface area (TPSA) is 79.5 Å². The molecule has 0 fully saturated rings. The summed E-state index contributed by atoms with van der Waals surface area (Å²) < 4.78 is 5.11. The number of imide groups is 1. The van der Waals surface area contributed by atoms with Crippen LogP contribution in [0.5, 0.6) is 5.75 Å². The summed E-state index contributed by atoms with van der Waals surface area (Å²) in [5.41, 5.74) is 3.30. The second-order valence-corrected chi connectivity index (χ2v) is 6.38. The largest absolute Gasteiger partial charge is 0.497 e. The number of amides is 3. The normalized spacial score (nSPS) is 10.1. The van der Waals surface area contributed by atoms with Gasteiger partial charge in [0.25, 0.3) is 5.91 Å². The molecule has 29 heavy (non-hydrogen) atoms. The first-order chi connectivity index (χ1) is 14.1. The highest BCUT2D eigenvalue weighted by molar-refractivity contribution is 6.04. The van der Waals surface area contributed by atoms with Crippen LogP contribution in [0.1, 0.15) is 15.9 Å². The third-order valence-corrected chi connectivity index (χ3v) is 4.29. The summed E-state index contributed by atoms with van der Waals surface area (Å²) >= 11 is 0. The predicted molar refractivity (Wildman–Crippen MR) is 114 cm³/mol. The zero-order chi connectivity index (χ0) is 20.5. The van der Waals surface area contributed by atoms with Crippen LogP contribution < -0.4 is 20.7 Å². The fourth-order valence-electron chi connectivity index (χ4n) is 2.73. The quantitative estimate of drug-likeness (QED) is 0.568. The number of carbonyl (C=O) groups excluding carboxylic acids is 2. The van der Waals surface area contributed by atoms with Gasteiger partial charge in [-0.2, -0.15) is 0 Å². The monoisotopic (exact) mass is 389 g/mol. The second kappa shape index (κ2) is 9.94. The van der Waals surface area contributed by atoms with Crippen LogP contribution in [0.15, 0.2) is 78.9 Å². The Balaban J connectivity index is 1.44. The summed E-state index contributed by atoms with van der Waals surface area (Å²) in [6.07, 6.45) is 0.658. The van der Waals surface area contributed by atoms with Gasteiger partial charge in [0.1, 0.15) is 5.75 Å². The van der Waals surface area contributed by atoms with Crippen LogP contribution in [0.2, 0.25) is 0 Å². The lowest BCUT2D eigenvalue weighted by Crippen LogP contribution is -2.40. The Morgan fingerprint density at radius 2 is 1.48 bits per heavy atom. The summed E-state index contributed by atoms with van der Waals surface area (Å²) in [7, 11) is 1.62. The fourth-order valence-corrected chi connectivity index (χ4v) is 2.73. The second-order valence-electron chi connectivity index (χ2n) is 6.38. The molecule has 0 radical (unpaired) electrons. The predicted octanol–water partition coefficient (Wildman–Crippen LogP) is 4.12. The zero-order valence-electron chi connectivity index (χ0n) is 16.1. The van der Waals surface area contributed by atoms with E-state index in [0.29, 0.717) is 18.5 Å². The number of methoxy groups -OCH3 is 1. The molecular weight excluding hydrogens is 366 g/mol. The van der Waals surface area contributed by atoms with Crippen molar-refractivity contribution in [2.24, 2.45) is 0 Å². The van der Waals surface area contributed by atoms with Crippen LogP contribution in [0, 0.1) is 0 Å². The van der Waals surface area contributed by atoms with Crippen molar-refractivity contribution in [2.45, 2.75) is 6.42 Å². The smallest absolute Gasteiger partial charge is 0.321 e. The maximum Gasteiger partial charge on any atom is 0.321 e. The highest BCUT2D eigenvalue weighted by atomic mass is 16.5. The molecule has 0 saturated heterocycles. The van der Waals surface area contributed by atoms with Crippen molar-refractivity contribution >= 4 is 23.3 Å². The molecule has 0 saturated carbocycles. The number of nitrogens with one attached hydrogen (secondary N) is 3. The summed E-state index contributed by atoms with van der Waals surface area (Å²) in [4.78, 5) is 24.2. The Labute approximate surface area is 169 Å². The summed E-state index contributed by atoms with van der Waals surface area (Å²) in [6, 6.07) is 23.8. The molecule has 3 amide bonds. The molecule has 0 aliphatic heterocycles. The summed E-state index contributed by atoms with van der Waals surface area (Å²) in [5.74, 6) is 0.341. The molecule has 0 atom stereocenters. The molecule has 0 unspecified atom stereocenters. The van der Waals surface area contributed by atoms with Crippen LogP contribution >= 0.6 is 0 Å². The lowest BCUT2D eigenvalue weighted by molar-refractivity contribution is 0.0964. The van der Waals surface area contributed by atoms with E-state index >= 15 is 0 Å². The van der Waals surface area contributed by atoms with Crippen LogP contribution in [-0.2, 0) is 6.42 Å². The van der Waals surface area contributed by atoms with E-state index in [1.165, 1.54) is 0 Å². The van der Waals surface area contributed by atoms with E-state index in [9.17, 15) is 9.59 Å². The van der Waals surface area contributed by atoms with Crippen LogP contribution in [0.25, 0.3) is 0 Å². The van der Waals surface area contributed by atoms with Crippen molar-refractivity contribution in [3.63, 3.8) is 0 Å². The Morgan fingerprint density at radius 1 is 0.828 bits per heavy atom. The number of hydrogen-bond donors (Lipinski definition) is 3. The maximum atomic E-state index is 12.2. The summed E-state index contributed by atoms with van der Waals surface area (Å²) in [6.45, 7) is 0.422. The molecule has 148 valence electrons. The number of urea groups is 1. The Kier molecular flexibility index (Phi) is 6.84. The average molecular weight is 389 g/mol. The Morgan fingerprint density at radius 3 is 2.14 bits per heavy atom. The summed E-state index contributed by atoms with van der Waals surface area (Å²) in [5, 5.41) is 8.27. The van der Waals surface area contributed by atoms with E-state index in [4.69, 9.17) is 4.74 Å². The molecule has 3 rings (SSSR count). The van der Waals surface area contributed by atoms with E-state index < -0.39 is 11.9 Å². The van der Waals surface area contributed by atoms with Gasteiger partial charge < -0.3 is 15.4 Å². The van der Waals surface area contributed by atoms with Gasteiger partial charge in [-0.15, -0.1) is 0 Å². The molecule has 0 bridgehead atoms. The average Bonchev–Trinajstić information content (AvgIpc) is 2.75. The van der Waals surface area contributed by atoms with Gasteiger partial charge in [-0.25, -0.2) is 4.79 Å². The number of para-hydroxylation sites is 1. The third-order valence-electron chi connectivity index (χ3n) is 4.29. The van der Waals surface area contributed by atoms with Crippen molar-refractivity contribution in [3.05, 3.63) is 90.0 Å².